The largest absolute Gasteiger partial charge is 1.00 e. The molecule has 1 aromatic heterocycles. The summed E-state index contributed by atoms with van der Waals surface area (Å²) in [6.07, 6.45) is 0. The van der Waals surface area contributed by atoms with Crippen LogP contribution in [0.3, 0.4) is 0 Å². The van der Waals surface area contributed by atoms with Gasteiger partial charge in [0.05, 0.1) is 17.9 Å². The van der Waals surface area contributed by atoms with Crippen LogP contribution in [0.15, 0.2) is 48.5 Å². The Kier molecular flexibility index (Phi) is 8.28. The Morgan fingerprint density at radius 1 is 1.17 bits per heavy atom. The van der Waals surface area contributed by atoms with Crippen LogP contribution >= 0.6 is 11.6 Å². The van der Waals surface area contributed by atoms with Crippen molar-refractivity contribution < 1.29 is 45.6 Å². The van der Waals surface area contributed by atoms with Gasteiger partial charge in [0.25, 0.3) is 0 Å². The van der Waals surface area contributed by atoms with Crippen LogP contribution < -0.4 is 44.9 Å². The number of nitrogens with one attached hydrogen (secondary N) is 2. The molecular weight excluding hydrogens is 403 g/mol. The zero-order valence-electron chi connectivity index (χ0n) is 17.4. The van der Waals surface area contributed by atoms with Gasteiger partial charge < -0.3 is 21.9 Å². The summed E-state index contributed by atoms with van der Waals surface area (Å²) in [4.78, 5) is 19.9. The van der Waals surface area contributed by atoms with Gasteiger partial charge >= 0.3 is 35.5 Å². The van der Waals surface area contributed by atoms with Crippen molar-refractivity contribution in [1.29, 1.82) is 0 Å². The van der Waals surface area contributed by atoms with E-state index in [0.717, 1.165) is 5.56 Å². The monoisotopic (exact) mass is 422 g/mol. The molecule has 29 heavy (non-hydrogen) atoms. The molecule has 9 heteroatoms. The summed E-state index contributed by atoms with van der Waals surface area (Å²) in [5.74, 6) is 0.659. The first-order chi connectivity index (χ1) is 13.5. The number of nitrogens with zero attached hydrogens (tertiary/aromatic N) is 2. The molecule has 3 aromatic rings. The molecule has 0 aliphatic carbocycles. The standard InChI is InChI=1S/C20H19ClN4O3.Na.H/c1-3-28-17-9-6-13(21)10-15(17)16-11-18(25-20(22-2)24-16)23-14-7-4-12(5-8-14)19(26)27;;/h4-11H,3H2,1-2H3,(H,26,27)(H2,22,23,24,25);;/q;+1;-1. The number of aromatic nitrogens is 2. The van der Waals surface area contributed by atoms with Crippen molar-refractivity contribution >= 4 is 35.0 Å². The number of hydrogen-bond donors (Lipinski definition) is 3. The molecule has 3 N–H and O–H groups in total. The van der Waals surface area contributed by atoms with E-state index in [9.17, 15) is 4.79 Å². The van der Waals surface area contributed by atoms with Gasteiger partial charge in [0.1, 0.15) is 11.6 Å². The number of benzene rings is 2. The van der Waals surface area contributed by atoms with Crippen molar-refractivity contribution in [2.75, 3.05) is 24.3 Å². The number of carbonyl (C=O) groups is 1. The van der Waals surface area contributed by atoms with Crippen molar-refractivity contribution in [2.45, 2.75) is 6.92 Å². The third-order valence-corrected chi connectivity index (χ3v) is 4.11. The molecule has 0 bridgehead atoms. The fraction of sp³-hybridized carbons (Fsp3) is 0.150. The predicted octanol–water partition coefficient (Wildman–Crippen LogP) is 1.80. The molecule has 0 radical (unpaired) electrons. The molecule has 0 atom stereocenters. The van der Waals surface area contributed by atoms with Gasteiger partial charge in [-0.3, -0.25) is 0 Å². The summed E-state index contributed by atoms with van der Waals surface area (Å²) in [5, 5.41) is 15.7. The van der Waals surface area contributed by atoms with Crippen LogP contribution in [0, 0.1) is 0 Å². The molecule has 7 nitrogen and oxygen atoms in total. The zero-order valence-corrected chi connectivity index (χ0v) is 19.1. The number of rotatable bonds is 7. The molecule has 2 aromatic carbocycles. The topological polar surface area (TPSA) is 96.4 Å². The van der Waals surface area contributed by atoms with Crippen LogP contribution in [-0.4, -0.2) is 34.7 Å². The Balaban J connectivity index is 0.00000225. The number of hydrogen-bond acceptors (Lipinski definition) is 6. The maximum Gasteiger partial charge on any atom is 1.00 e. The third kappa shape index (κ3) is 5.83. The molecule has 0 fully saturated rings. The van der Waals surface area contributed by atoms with Gasteiger partial charge in [-0.05, 0) is 49.4 Å². The zero-order chi connectivity index (χ0) is 20.1. The number of aromatic carboxylic acids is 1. The van der Waals surface area contributed by atoms with Crippen molar-refractivity contribution in [2.24, 2.45) is 0 Å². The molecule has 0 amide bonds. The molecular formula is C20H20ClN4NaO3. The molecule has 0 aliphatic heterocycles. The normalized spacial score (nSPS) is 10.0. The Hall–Kier alpha value is -2.32. The minimum atomic E-state index is -0.974. The van der Waals surface area contributed by atoms with Gasteiger partial charge in [-0.15, -0.1) is 0 Å². The molecule has 3 rings (SSSR count). The SMILES string of the molecule is CCOc1ccc(Cl)cc1-c1cc(Nc2ccc(C(=O)O)cc2)nc(NC)n1.[H-].[Na+]. The molecule has 1 heterocycles. The van der Waals surface area contributed by atoms with Crippen LogP contribution in [0.5, 0.6) is 5.75 Å². The van der Waals surface area contributed by atoms with Crippen LogP contribution in [0.2, 0.25) is 5.02 Å². The third-order valence-electron chi connectivity index (χ3n) is 3.87. The van der Waals surface area contributed by atoms with Crippen LogP contribution in [0.25, 0.3) is 11.3 Å². The van der Waals surface area contributed by atoms with Crippen molar-refractivity contribution in [3.05, 3.63) is 59.1 Å². The summed E-state index contributed by atoms with van der Waals surface area (Å²) in [6, 6.07) is 13.5. The first kappa shape index (κ1) is 23.0. The van der Waals surface area contributed by atoms with Crippen LogP contribution in [0.1, 0.15) is 18.7 Å². The van der Waals surface area contributed by atoms with Crippen LogP contribution in [-0.2, 0) is 0 Å². The molecule has 0 unspecified atom stereocenters. The summed E-state index contributed by atoms with van der Waals surface area (Å²) < 4.78 is 5.70. The fourth-order valence-electron chi connectivity index (χ4n) is 2.59. The molecule has 0 aliphatic rings. The predicted molar refractivity (Wildman–Crippen MR) is 111 cm³/mol. The van der Waals surface area contributed by atoms with Gasteiger partial charge in [0, 0.05) is 29.4 Å². The van der Waals surface area contributed by atoms with E-state index in [1.165, 1.54) is 12.1 Å². The number of carboxylic acid groups (broad SMARTS) is 1. The van der Waals surface area contributed by atoms with E-state index in [1.807, 2.05) is 6.92 Å². The Bertz CT molecular complexity index is 1010. The smallest absolute Gasteiger partial charge is 1.00 e. The van der Waals surface area contributed by atoms with E-state index in [1.54, 1.807) is 43.4 Å². The fourth-order valence-corrected chi connectivity index (χ4v) is 2.76. The first-order valence-electron chi connectivity index (χ1n) is 8.60. The van der Waals surface area contributed by atoms with Crippen LogP contribution in [0.4, 0.5) is 17.5 Å². The minimum absolute atomic E-state index is 0. The van der Waals surface area contributed by atoms with E-state index < -0.39 is 5.97 Å². The number of carboxylic acids is 1. The average molecular weight is 423 g/mol. The van der Waals surface area contributed by atoms with E-state index in [4.69, 9.17) is 21.4 Å². The van der Waals surface area contributed by atoms with E-state index >= 15 is 0 Å². The molecule has 0 spiro atoms. The number of ether oxygens (including phenoxy) is 1. The Labute approximate surface area is 197 Å². The Morgan fingerprint density at radius 3 is 2.52 bits per heavy atom. The van der Waals surface area contributed by atoms with Crippen molar-refractivity contribution in [3.8, 4) is 17.0 Å². The number of anilines is 3. The Morgan fingerprint density at radius 2 is 1.90 bits per heavy atom. The summed E-state index contributed by atoms with van der Waals surface area (Å²) in [6.45, 7) is 2.42. The maximum absolute atomic E-state index is 11.0. The van der Waals surface area contributed by atoms with Gasteiger partial charge in [-0.25, -0.2) is 9.78 Å². The quantitative estimate of drug-likeness (QED) is 0.499. The second kappa shape index (κ2) is 10.5. The van der Waals surface area contributed by atoms with Crippen molar-refractivity contribution in [3.63, 3.8) is 0 Å². The molecule has 0 saturated carbocycles. The van der Waals surface area contributed by atoms with Gasteiger partial charge in [-0.1, -0.05) is 11.6 Å². The van der Waals surface area contributed by atoms with E-state index in [0.29, 0.717) is 40.5 Å². The summed E-state index contributed by atoms with van der Waals surface area (Å²) in [5.41, 5.74) is 2.30. The summed E-state index contributed by atoms with van der Waals surface area (Å²) >= 11 is 6.17. The molecule has 0 saturated heterocycles. The molecule has 146 valence electrons. The summed E-state index contributed by atoms with van der Waals surface area (Å²) in [7, 11) is 1.73. The van der Waals surface area contributed by atoms with E-state index in [-0.39, 0.29) is 36.5 Å². The second-order valence-electron chi connectivity index (χ2n) is 5.79. The minimum Gasteiger partial charge on any atom is -1.00 e. The van der Waals surface area contributed by atoms with Gasteiger partial charge in [0.2, 0.25) is 5.95 Å². The number of halogens is 1. The van der Waals surface area contributed by atoms with E-state index in [2.05, 4.69) is 20.6 Å². The van der Waals surface area contributed by atoms with Gasteiger partial charge in [0.15, 0.2) is 0 Å². The van der Waals surface area contributed by atoms with Gasteiger partial charge in [-0.2, -0.15) is 4.98 Å². The average Bonchev–Trinajstić information content (AvgIpc) is 2.69. The second-order valence-corrected chi connectivity index (χ2v) is 6.23. The first-order valence-corrected chi connectivity index (χ1v) is 8.98. The maximum atomic E-state index is 11.0. The van der Waals surface area contributed by atoms with Crippen molar-refractivity contribution in [1.82, 2.24) is 9.97 Å².